The number of aromatic nitrogens is 1. The summed E-state index contributed by atoms with van der Waals surface area (Å²) in [5.74, 6) is -6.44. The third kappa shape index (κ3) is 4.70. The molecule has 0 bridgehead atoms. The molecule has 0 unspecified atom stereocenters. The molecule has 2 aromatic carbocycles. The van der Waals surface area contributed by atoms with Crippen LogP contribution in [-0.2, 0) is 26.3 Å². The van der Waals surface area contributed by atoms with E-state index in [0.717, 1.165) is 28.2 Å². The van der Waals surface area contributed by atoms with E-state index in [9.17, 15) is 31.9 Å². The van der Waals surface area contributed by atoms with Crippen molar-refractivity contribution in [3.8, 4) is 0 Å². The van der Waals surface area contributed by atoms with Crippen LogP contribution in [0.4, 0.5) is 29.1 Å². The molecule has 3 amide bonds. The average Bonchev–Trinajstić information content (AvgIpc) is 3.49. The number of nitrogens with zero attached hydrogens (tertiary/aromatic N) is 3. The van der Waals surface area contributed by atoms with Gasteiger partial charge in [-0.25, -0.2) is 22.5 Å². The van der Waals surface area contributed by atoms with Crippen LogP contribution in [0.1, 0.15) is 48.8 Å². The van der Waals surface area contributed by atoms with Gasteiger partial charge in [0.2, 0.25) is 5.91 Å². The molecule has 1 aromatic heterocycles. The van der Waals surface area contributed by atoms with Crippen LogP contribution in [0, 0.1) is 18.6 Å². The standard InChI is InChI=1S/C31H28F4N4O3/c1-18-9-11-36-26(12-18)38-25(6-7-27(38)40)28(41)39(23-14-20(32)13-21(33)15-23)31(10-8-19-4-2-3-5-24(19)31)29(42)37-22-16-30(34,35)17-22/h2-5,9,11-15,22,25H,6-8,10,16-17H2,1H3,(H,37,42)/t25-,31-/m0/s1. The molecule has 1 saturated heterocycles. The molecule has 0 radical (unpaired) electrons. The van der Waals surface area contributed by atoms with E-state index in [-0.39, 0.29) is 36.7 Å². The van der Waals surface area contributed by atoms with Crippen LogP contribution in [0.2, 0.25) is 0 Å². The van der Waals surface area contributed by atoms with Crippen molar-refractivity contribution in [2.75, 3.05) is 9.80 Å². The Morgan fingerprint density at radius 2 is 1.74 bits per heavy atom. The number of fused-ring (bicyclic) bond motifs is 1. The van der Waals surface area contributed by atoms with Crippen LogP contribution in [0.25, 0.3) is 0 Å². The molecule has 2 fully saturated rings. The van der Waals surface area contributed by atoms with Gasteiger partial charge in [-0.05, 0) is 67.1 Å². The maximum absolute atomic E-state index is 14.7. The molecular weight excluding hydrogens is 552 g/mol. The predicted octanol–water partition coefficient (Wildman–Crippen LogP) is 4.95. The number of rotatable bonds is 6. The van der Waals surface area contributed by atoms with E-state index in [1.54, 1.807) is 36.4 Å². The molecule has 6 rings (SSSR count). The number of hydrogen-bond donors (Lipinski definition) is 1. The first-order valence-corrected chi connectivity index (χ1v) is 13.8. The van der Waals surface area contributed by atoms with Crippen molar-refractivity contribution in [3.05, 3.63) is 89.1 Å². The zero-order valence-corrected chi connectivity index (χ0v) is 22.7. The van der Waals surface area contributed by atoms with Gasteiger partial charge in [0.1, 0.15) is 23.5 Å². The highest BCUT2D eigenvalue weighted by Gasteiger charge is 2.57. The van der Waals surface area contributed by atoms with E-state index in [0.29, 0.717) is 18.1 Å². The smallest absolute Gasteiger partial charge is 0.252 e. The van der Waals surface area contributed by atoms with E-state index in [2.05, 4.69) is 10.3 Å². The molecule has 2 heterocycles. The molecule has 7 nitrogen and oxygen atoms in total. The van der Waals surface area contributed by atoms with Gasteiger partial charge in [0, 0.05) is 37.6 Å². The number of aryl methyl sites for hydroxylation is 2. The summed E-state index contributed by atoms with van der Waals surface area (Å²) in [6, 6.07) is 10.9. The molecule has 218 valence electrons. The van der Waals surface area contributed by atoms with Crippen molar-refractivity contribution < 1.29 is 31.9 Å². The average molecular weight is 581 g/mol. The van der Waals surface area contributed by atoms with Crippen LogP contribution >= 0.6 is 0 Å². The summed E-state index contributed by atoms with van der Waals surface area (Å²) in [5, 5.41) is 2.69. The van der Waals surface area contributed by atoms with Gasteiger partial charge >= 0.3 is 0 Å². The maximum Gasteiger partial charge on any atom is 0.252 e. The summed E-state index contributed by atoms with van der Waals surface area (Å²) in [4.78, 5) is 48.7. The minimum absolute atomic E-state index is 0.0182. The van der Waals surface area contributed by atoms with E-state index < -0.39 is 59.8 Å². The first-order chi connectivity index (χ1) is 20.0. The van der Waals surface area contributed by atoms with Crippen molar-refractivity contribution in [3.63, 3.8) is 0 Å². The summed E-state index contributed by atoms with van der Waals surface area (Å²) in [6.07, 6.45) is 0.882. The van der Waals surface area contributed by atoms with E-state index in [1.165, 1.54) is 11.1 Å². The van der Waals surface area contributed by atoms with Gasteiger partial charge in [0.15, 0.2) is 5.54 Å². The fourth-order valence-electron chi connectivity index (χ4n) is 6.44. The van der Waals surface area contributed by atoms with Crippen molar-refractivity contribution in [2.24, 2.45) is 0 Å². The lowest BCUT2D eigenvalue weighted by atomic mass is 9.83. The Bertz CT molecular complexity index is 1570. The summed E-state index contributed by atoms with van der Waals surface area (Å²) in [7, 11) is 0. The van der Waals surface area contributed by atoms with Gasteiger partial charge in [-0.1, -0.05) is 24.3 Å². The molecule has 1 N–H and O–H groups in total. The number of hydrogen-bond acceptors (Lipinski definition) is 4. The second-order valence-corrected chi connectivity index (χ2v) is 11.3. The lowest BCUT2D eigenvalue weighted by Crippen LogP contribution is -2.64. The Morgan fingerprint density at radius 1 is 1.02 bits per heavy atom. The number of alkyl halides is 2. The fourth-order valence-corrected chi connectivity index (χ4v) is 6.44. The molecule has 0 spiro atoms. The summed E-state index contributed by atoms with van der Waals surface area (Å²) >= 11 is 0. The number of amides is 3. The van der Waals surface area contributed by atoms with E-state index in [4.69, 9.17) is 0 Å². The molecule has 1 saturated carbocycles. The quantitative estimate of drug-likeness (QED) is 0.419. The second kappa shape index (κ2) is 10.2. The minimum Gasteiger partial charge on any atom is -0.351 e. The van der Waals surface area contributed by atoms with Crippen LogP contribution in [0.15, 0.2) is 60.8 Å². The third-order valence-corrected chi connectivity index (χ3v) is 8.37. The molecule has 42 heavy (non-hydrogen) atoms. The zero-order chi connectivity index (χ0) is 29.8. The Morgan fingerprint density at radius 3 is 2.43 bits per heavy atom. The Kier molecular flexibility index (Phi) is 6.78. The molecular formula is C31H28F4N4O3. The van der Waals surface area contributed by atoms with Gasteiger partial charge in [0.05, 0.1) is 5.69 Å². The van der Waals surface area contributed by atoms with E-state index >= 15 is 0 Å². The summed E-state index contributed by atoms with van der Waals surface area (Å²) in [6.45, 7) is 1.81. The first kappa shape index (κ1) is 27.9. The largest absolute Gasteiger partial charge is 0.351 e. The summed E-state index contributed by atoms with van der Waals surface area (Å²) < 4.78 is 56.9. The number of benzene rings is 2. The van der Waals surface area contributed by atoms with Crippen molar-refractivity contribution >= 4 is 29.2 Å². The minimum atomic E-state index is -2.91. The normalized spacial score (nSPS) is 22.9. The topological polar surface area (TPSA) is 82.6 Å². The zero-order valence-electron chi connectivity index (χ0n) is 22.7. The number of carbonyl (C=O) groups excluding carboxylic acids is 3. The number of pyridine rings is 1. The fraction of sp³-hybridized carbons (Fsp3) is 0.355. The highest BCUT2D eigenvalue weighted by molar-refractivity contribution is 6.12. The van der Waals surface area contributed by atoms with Crippen molar-refractivity contribution in [1.29, 1.82) is 0 Å². The second-order valence-electron chi connectivity index (χ2n) is 11.3. The Labute approximate surface area is 239 Å². The molecule has 3 aromatic rings. The Hall–Kier alpha value is -4.28. The van der Waals surface area contributed by atoms with Gasteiger partial charge < -0.3 is 5.32 Å². The first-order valence-electron chi connectivity index (χ1n) is 13.8. The van der Waals surface area contributed by atoms with Gasteiger partial charge in [-0.15, -0.1) is 0 Å². The number of halogens is 4. The van der Waals surface area contributed by atoms with Gasteiger partial charge in [-0.3, -0.25) is 24.2 Å². The number of nitrogens with one attached hydrogen (secondary N) is 1. The SMILES string of the molecule is Cc1ccnc(N2C(=O)CC[C@H]2C(=O)N(c2cc(F)cc(F)c2)[C@@]2(C(=O)NC3CC(F)(F)C3)CCc3ccccc32)c1. The lowest BCUT2D eigenvalue weighted by Gasteiger charge is -2.45. The Balaban J connectivity index is 1.51. The van der Waals surface area contributed by atoms with Crippen molar-refractivity contribution in [2.45, 2.75) is 69.0 Å². The van der Waals surface area contributed by atoms with Crippen LogP contribution in [0.5, 0.6) is 0 Å². The van der Waals surface area contributed by atoms with Crippen LogP contribution < -0.4 is 15.1 Å². The van der Waals surface area contributed by atoms with Crippen LogP contribution in [-0.4, -0.2) is 40.7 Å². The molecule has 3 aliphatic rings. The third-order valence-electron chi connectivity index (χ3n) is 8.37. The van der Waals surface area contributed by atoms with Gasteiger partial charge in [0.25, 0.3) is 17.7 Å². The maximum atomic E-state index is 14.7. The predicted molar refractivity (Wildman–Crippen MR) is 146 cm³/mol. The van der Waals surface area contributed by atoms with E-state index in [1.807, 2.05) is 6.92 Å². The highest BCUT2D eigenvalue weighted by atomic mass is 19.3. The number of anilines is 2. The highest BCUT2D eigenvalue weighted by Crippen LogP contribution is 2.47. The lowest BCUT2D eigenvalue weighted by molar-refractivity contribution is -0.137. The van der Waals surface area contributed by atoms with Gasteiger partial charge in [-0.2, -0.15) is 0 Å². The molecule has 2 aliphatic carbocycles. The monoisotopic (exact) mass is 580 g/mol. The summed E-state index contributed by atoms with van der Waals surface area (Å²) in [5.41, 5.74) is -0.0828. The molecule has 1 aliphatic heterocycles. The van der Waals surface area contributed by atoms with Crippen molar-refractivity contribution in [1.82, 2.24) is 10.3 Å². The molecule has 11 heteroatoms. The van der Waals surface area contributed by atoms with Crippen LogP contribution in [0.3, 0.4) is 0 Å². The number of carbonyl (C=O) groups is 3. The molecule has 2 atom stereocenters.